The van der Waals surface area contributed by atoms with Crippen molar-refractivity contribution in [3.8, 4) is 5.75 Å². The van der Waals surface area contributed by atoms with E-state index in [2.05, 4.69) is 17.4 Å². The third-order valence-electron chi connectivity index (χ3n) is 7.34. The van der Waals surface area contributed by atoms with E-state index in [1.54, 1.807) is 19.3 Å². The van der Waals surface area contributed by atoms with Crippen LogP contribution in [0.15, 0.2) is 54.6 Å². The standard InChI is InChI=1S/C26H29NO3/c1-30-23-9-2-18(3-10-23)4-11-24(28)27-22-7-5-21(6-8-22)25-13-19-12-20(14-25)16-26(29,15-19)17-25/h2-11,19-20,29H,12-17H2,1H3,(H,27,28)/b11-4+. The number of methoxy groups -OCH3 is 1. The van der Waals surface area contributed by atoms with E-state index in [0.717, 1.165) is 36.3 Å². The number of hydrogen-bond donors (Lipinski definition) is 2. The molecule has 2 aromatic carbocycles. The van der Waals surface area contributed by atoms with Gasteiger partial charge < -0.3 is 15.2 Å². The van der Waals surface area contributed by atoms with Crippen LogP contribution in [0, 0.1) is 11.8 Å². The maximum atomic E-state index is 12.3. The van der Waals surface area contributed by atoms with Crippen LogP contribution in [0.1, 0.15) is 49.7 Å². The molecule has 30 heavy (non-hydrogen) atoms. The number of carbonyl (C=O) groups excluding carboxylic acids is 1. The molecule has 4 heteroatoms. The molecule has 2 atom stereocenters. The third-order valence-corrected chi connectivity index (χ3v) is 7.34. The van der Waals surface area contributed by atoms with Crippen LogP contribution in [0.3, 0.4) is 0 Å². The van der Waals surface area contributed by atoms with Gasteiger partial charge in [-0.1, -0.05) is 24.3 Å². The first-order chi connectivity index (χ1) is 14.5. The van der Waals surface area contributed by atoms with Gasteiger partial charge in [0.2, 0.25) is 5.91 Å². The van der Waals surface area contributed by atoms with Crippen molar-refractivity contribution in [1.82, 2.24) is 0 Å². The first-order valence-electron chi connectivity index (χ1n) is 10.9. The molecule has 0 radical (unpaired) electrons. The molecular weight excluding hydrogens is 374 g/mol. The molecule has 4 nitrogen and oxygen atoms in total. The van der Waals surface area contributed by atoms with Crippen molar-refractivity contribution in [1.29, 1.82) is 0 Å². The highest BCUT2D eigenvalue weighted by Crippen LogP contribution is 2.62. The predicted octanol–water partition coefficient (Wildman–Crippen LogP) is 4.93. The Hall–Kier alpha value is -2.59. The molecular formula is C26H29NO3. The number of benzene rings is 2. The van der Waals surface area contributed by atoms with Gasteiger partial charge >= 0.3 is 0 Å². The number of hydrogen-bond acceptors (Lipinski definition) is 3. The van der Waals surface area contributed by atoms with Gasteiger partial charge in [-0.25, -0.2) is 0 Å². The predicted molar refractivity (Wildman–Crippen MR) is 118 cm³/mol. The average molecular weight is 404 g/mol. The number of aliphatic hydroxyl groups is 1. The SMILES string of the molecule is COc1ccc(/C=C/C(=O)Nc2ccc(C34CC5CC(CC(O)(C5)C3)C4)cc2)cc1. The van der Waals surface area contributed by atoms with Crippen molar-refractivity contribution in [2.24, 2.45) is 11.8 Å². The summed E-state index contributed by atoms with van der Waals surface area (Å²) in [5.41, 5.74) is 2.73. The number of ether oxygens (including phenoxy) is 1. The van der Waals surface area contributed by atoms with E-state index in [1.165, 1.54) is 24.8 Å². The second kappa shape index (κ2) is 7.28. The Balaban J connectivity index is 1.25. The number of anilines is 1. The van der Waals surface area contributed by atoms with Crippen LogP contribution in [0.4, 0.5) is 5.69 Å². The summed E-state index contributed by atoms with van der Waals surface area (Å²) in [5.74, 6) is 1.97. The Kier molecular flexibility index (Phi) is 4.70. The molecule has 0 saturated heterocycles. The van der Waals surface area contributed by atoms with Crippen LogP contribution >= 0.6 is 0 Å². The van der Waals surface area contributed by atoms with Gasteiger partial charge in [0.15, 0.2) is 0 Å². The average Bonchev–Trinajstić information content (AvgIpc) is 2.71. The lowest BCUT2D eigenvalue weighted by Crippen LogP contribution is -2.57. The highest BCUT2D eigenvalue weighted by molar-refractivity contribution is 6.01. The van der Waals surface area contributed by atoms with Gasteiger partial charge in [-0.3, -0.25) is 4.79 Å². The number of amides is 1. The maximum absolute atomic E-state index is 12.3. The Bertz CT molecular complexity index is 947. The van der Waals surface area contributed by atoms with Gasteiger partial charge in [-0.15, -0.1) is 0 Å². The fourth-order valence-electron chi connectivity index (χ4n) is 6.53. The van der Waals surface area contributed by atoms with Crippen molar-refractivity contribution >= 4 is 17.7 Å². The Morgan fingerprint density at radius 1 is 1.03 bits per heavy atom. The largest absolute Gasteiger partial charge is 0.497 e. The molecule has 0 heterocycles. The molecule has 0 aliphatic heterocycles. The summed E-state index contributed by atoms with van der Waals surface area (Å²) >= 11 is 0. The van der Waals surface area contributed by atoms with E-state index in [4.69, 9.17) is 4.74 Å². The second-order valence-corrected chi connectivity index (χ2v) is 9.64. The maximum Gasteiger partial charge on any atom is 0.248 e. The molecule has 4 bridgehead atoms. The van der Waals surface area contributed by atoms with Crippen molar-refractivity contribution in [3.05, 3.63) is 65.7 Å². The van der Waals surface area contributed by atoms with Crippen molar-refractivity contribution in [3.63, 3.8) is 0 Å². The molecule has 1 amide bonds. The van der Waals surface area contributed by atoms with Crippen molar-refractivity contribution < 1.29 is 14.6 Å². The number of carbonyl (C=O) groups is 1. The lowest BCUT2D eigenvalue weighted by molar-refractivity contribution is -0.137. The molecule has 2 unspecified atom stereocenters. The van der Waals surface area contributed by atoms with Gasteiger partial charge in [-0.05, 0) is 97.2 Å². The first kappa shape index (κ1) is 19.4. The smallest absolute Gasteiger partial charge is 0.248 e. The minimum Gasteiger partial charge on any atom is -0.497 e. The third kappa shape index (κ3) is 3.65. The van der Waals surface area contributed by atoms with Crippen LogP contribution in [-0.2, 0) is 10.2 Å². The molecule has 4 saturated carbocycles. The molecule has 2 N–H and O–H groups in total. The zero-order valence-electron chi connectivity index (χ0n) is 17.4. The molecule has 4 fully saturated rings. The Morgan fingerprint density at radius 2 is 1.70 bits per heavy atom. The van der Waals surface area contributed by atoms with Gasteiger partial charge in [0.1, 0.15) is 5.75 Å². The lowest BCUT2D eigenvalue weighted by Gasteiger charge is -2.60. The summed E-state index contributed by atoms with van der Waals surface area (Å²) in [5, 5.41) is 14.0. The Labute approximate surface area is 178 Å². The van der Waals surface area contributed by atoms with E-state index in [9.17, 15) is 9.90 Å². The van der Waals surface area contributed by atoms with E-state index in [1.807, 2.05) is 36.4 Å². The summed E-state index contributed by atoms with van der Waals surface area (Å²) in [6.45, 7) is 0. The molecule has 2 aromatic rings. The monoisotopic (exact) mass is 403 g/mol. The van der Waals surface area contributed by atoms with Crippen molar-refractivity contribution in [2.45, 2.75) is 49.5 Å². The summed E-state index contributed by atoms with van der Waals surface area (Å²) in [4.78, 5) is 12.3. The lowest BCUT2D eigenvalue weighted by atomic mass is 9.46. The summed E-state index contributed by atoms with van der Waals surface area (Å²) < 4.78 is 5.15. The van der Waals surface area contributed by atoms with Crippen LogP contribution < -0.4 is 10.1 Å². The van der Waals surface area contributed by atoms with E-state index in [0.29, 0.717) is 11.8 Å². The molecule has 6 rings (SSSR count). The van der Waals surface area contributed by atoms with Crippen LogP contribution in [0.2, 0.25) is 0 Å². The first-order valence-corrected chi connectivity index (χ1v) is 10.9. The summed E-state index contributed by atoms with van der Waals surface area (Å²) in [7, 11) is 1.63. The molecule has 156 valence electrons. The molecule has 0 spiro atoms. The van der Waals surface area contributed by atoms with Gasteiger partial charge in [0.05, 0.1) is 12.7 Å². The van der Waals surface area contributed by atoms with E-state index < -0.39 is 5.60 Å². The highest BCUT2D eigenvalue weighted by Gasteiger charge is 2.57. The topological polar surface area (TPSA) is 58.6 Å². The quantitative estimate of drug-likeness (QED) is 0.696. The second-order valence-electron chi connectivity index (χ2n) is 9.64. The van der Waals surface area contributed by atoms with E-state index >= 15 is 0 Å². The van der Waals surface area contributed by atoms with Gasteiger partial charge in [-0.2, -0.15) is 0 Å². The number of rotatable bonds is 5. The Morgan fingerprint density at radius 3 is 2.30 bits per heavy atom. The van der Waals surface area contributed by atoms with Gasteiger partial charge in [0.25, 0.3) is 0 Å². The fraction of sp³-hybridized carbons (Fsp3) is 0.423. The molecule has 0 aromatic heterocycles. The van der Waals surface area contributed by atoms with Crippen LogP contribution in [-0.4, -0.2) is 23.7 Å². The van der Waals surface area contributed by atoms with Crippen molar-refractivity contribution in [2.75, 3.05) is 12.4 Å². The zero-order chi connectivity index (χ0) is 20.8. The summed E-state index contributed by atoms with van der Waals surface area (Å²) in [6.07, 6.45) is 9.88. The minimum absolute atomic E-state index is 0.121. The van der Waals surface area contributed by atoms with Gasteiger partial charge in [0, 0.05) is 11.8 Å². The van der Waals surface area contributed by atoms with Crippen LogP contribution in [0.5, 0.6) is 5.75 Å². The number of nitrogens with one attached hydrogen (secondary N) is 1. The van der Waals surface area contributed by atoms with Crippen LogP contribution in [0.25, 0.3) is 6.08 Å². The fourth-order valence-corrected chi connectivity index (χ4v) is 6.53. The van der Waals surface area contributed by atoms with E-state index in [-0.39, 0.29) is 11.3 Å². The minimum atomic E-state index is -0.455. The highest BCUT2D eigenvalue weighted by atomic mass is 16.5. The zero-order valence-corrected chi connectivity index (χ0v) is 17.4. The molecule has 4 aliphatic carbocycles. The normalized spacial score (nSPS) is 31.8. The summed E-state index contributed by atoms with van der Waals surface area (Å²) in [6, 6.07) is 15.9. The molecule has 4 aliphatic rings.